The lowest BCUT2D eigenvalue weighted by Crippen LogP contribution is -1.81. The number of rotatable bonds is 4. The minimum Gasteiger partial charge on any atom is -0.457 e. The Bertz CT molecular complexity index is 551. The third-order valence-corrected chi connectivity index (χ3v) is 3.46. The van der Waals surface area contributed by atoms with Crippen molar-refractivity contribution in [3.05, 3.63) is 53.5 Å². The first-order chi connectivity index (χ1) is 8.74. The summed E-state index contributed by atoms with van der Waals surface area (Å²) in [6.45, 7) is 2.09. The molecule has 0 aliphatic carbocycles. The molecule has 0 bridgehead atoms. The van der Waals surface area contributed by atoms with E-state index in [1.807, 2.05) is 12.1 Å². The number of hydrogen-bond donors (Lipinski definition) is 0. The van der Waals surface area contributed by atoms with Gasteiger partial charge in [-0.3, -0.25) is 0 Å². The molecule has 0 atom stereocenters. The Morgan fingerprint density at radius 3 is 2.72 bits per heavy atom. The first kappa shape index (κ1) is 13.1. The molecule has 1 aromatic carbocycles. The topological polar surface area (TPSA) is 13.1 Å². The van der Waals surface area contributed by atoms with Crippen LogP contribution in [-0.2, 0) is 0 Å². The molecule has 0 spiro atoms. The first-order valence-electron chi connectivity index (χ1n) is 5.84. The highest BCUT2D eigenvalue weighted by atomic mass is 79.9. The lowest BCUT2D eigenvalue weighted by Gasteiger charge is -1.99. The van der Waals surface area contributed by atoms with E-state index >= 15 is 0 Å². The minimum atomic E-state index is -0.265. The highest BCUT2D eigenvalue weighted by Gasteiger charge is 2.08. The third kappa shape index (κ3) is 2.91. The van der Waals surface area contributed by atoms with Gasteiger partial charge in [-0.25, -0.2) is 4.39 Å². The average Bonchev–Trinajstić information content (AvgIpc) is 2.85. The molecule has 3 heteroatoms. The smallest absolute Gasteiger partial charge is 0.137 e. The van der Waals surface area contributed by atoms with Crippen LogP contribution in [0.2, 0.25) is 0 Å². The molecule has 94 valence electrons. The standard InChI is InChI=1S/C15H14BrFO/c1-2-11(10-16)9-12-7-8-15(18-12)13-5-3-4-6-14(13)17/h3-9H,2,10H2,1H3. The van der Waals surface area contributed by atoms with E-state index in [4.69, 9.17) is 4.42 Å². The number of alkyl halides is 1. The summed E-state index contributed by atoms with van der Waals surface area (Å²) in [7, 11) is 0. The van der Waals surface area contributed by atoms with Crippen LogP contribution >= 0.6 is 15.9 Å². The van der Waals surface area contributed by atoms with Crippen LogP contribution in [-0.4, -0.2) is 5.33 Å². The number of furan rings is 1. The predicted molar refractivity (Wildman–Crippen MR) is 76.2 cm³/mol. The van der Waals surface area contributed by atoms with Crippen molar-refractivity contribution in [2.45, 2.75) is 13.3 Å². The maximum absolute atomic E-state index is 13.6. The molecule has 1 nitrogen and oxygen atoms in total. The van der Waals surface area contributed by atoms with E-state index < -0.39 is 0 Å². The van der Waals surface area contributed by atoms with E-state index in [1.165, 1.54) is 11.6 Å². The number of allylic oxidation sites excluding steroid dienone is 1. The van der Waals surface area contributed by atoms with E-state index in [9.17, 15) is 4.39 Å². The summed E-state index contributed by atoms with van der Waals surface area (Å²) in [4.78, 5) is 0. The number of benzene rings is 1. The van der Waals surface area contributed by atoms with Gasteiger partial charge in [-0.05, 0) is 36.8 Å². The molecule has 0 fully saturated rings. The van der Waals surface area contributed by atoms with Gasteiger partial charge in [0.1, 0.15) is 17.3 Å². The van der Waals surface area contributed by atoms with Gasteiger partial charge in [0.15, 0.2) is 0 Å². The number of hydrogen-bond acceptors (Lipinski definition) is 1. The predicted octanol–water partition coefficient (Wildman–Crippen LogP) is 5.27. The Kier molecular flexibility index (Phi) is 4.37. The molecule has 0 aliphatic heterocycles. The van der Waals surface area contributed by atoms with E-state index in [0.29, 0.717) is 11.3 Å². The van der Waals surface area contributed by atoms with Crippen LogP contribution in [0.3, 0.4) is 0 Å². The molecule has 18 heavy (non-hydrogen) atoms. The Hall–Kier alpha value is -1.35. The molecule has 2 rings (SSSR count). The van der Waals surface area contributed by atoms with Crippen LogP contribution in [0.4, 0.5) is 4.39 Å². The van der Waals surface area contributed by atoms with Crippen LogP contribution < -0.4 is 0 Å². The fourth-order valence-electron chi connectivity index (χ4n) is 1.67. The monoisotopic (exact) mass is 308 g/mol. The molecule has 0 N–H and O–H groups in total. The van der Waals surface area contributed by atoms with Gasteiger partial charge in [-0.2, -0.15) is 0 Å². The molecule has 0 saturated heterocycles. The summed E-state index contributed by atoms with van der Waals surface area (Å²) < 4.78 is 19.2. The van der Waals surface area contributed by atoms with Crippen molar-refractivity contribution >= 4 is 22.0 Å². The van der Waals surface area contributed by atoms with Gasteiger partial charge in [0.25, 0.3) is 0 Å². The molecule has 0 amide bonds. The largest absolute Gasteiger partial charge is 0.457 e. The third-order valence-electron chi connectivity index (χ3n) is 2.74. The van der Waals surface area contributed by atoms with Crippen molar-refractivity contribution in [3.8, 4) is 11.3 Å². The maximum Gasteiger partial charge on any atom is 0.137 e. The molecule has 1 aromatic heterocycles. The van der Waals surface area contributed by atoms with Crippen LogP contribution in [0.1, 0.15) is 19.1 Å². The second-order valence-corrected chi connectivity index (χ2v) is 4.53. The average molecular weight is 309 g/mol. The van der Waals surface area contributed by atoms with Crippen molar-refractivity contribution < 1.29 is 8.81 Å². The molecule has 1 heterocycles. The highest BCUT2D eigenvalue weighted by molar-refractivity contribution is 9.09. The molecule has 0 unspecified atom stereocenters. The van der Waals surface area contributed by atoms with Crippen LogP contribution in [0, 0.1) is 5.82 Å². The molecule has 0 radical (unpaired) electrons. The van der Waals surface area contributed by atoms with Gasteiger partial charge in [0.05, 0.1) is 5.56 Å². The molecule has 2 aromatic rings. The summed E-state index contributed by atoms with van der Waals surface area (Å²) in [5.74, 6) is 1.05. The molecule has 0 aliphatic rings. The second kappa shape index (κ2) is 6.01. The van der Waals surface area contributed by atoms with Gasteiger partial charge in [-0.15, -0.1) is 0 Å². The van der Waals surface area contributed by atoms with Gasteiger partial charge in [-0.1, -0.05) is 40.6 Å². The summed E-state index contributed by atoms with van der Waals surface area (Å²) >= 11 is 3.43. The summed E-state index contributed by atoms with van der Waals surface area (Å²) in [6.07, 6.45) is 2.94. The van der Waals surface area contributed by atoms with Crippen LogP contribution in [0.25, 0.3) is 17.4 Å². The lowest BCUT2D eigenvalue weighted by atomic mass is 10.1. The fourth-order valence-corrected chi connectivity index (χ4v) is 2.23. The Labute approximate surface area is 114 Å². The van der Waals surface area contributed by atoms with Gasteiger partial charge in [0, 0.05) is 5.33 Å². The van der Waals surface area contributed by atoms with Gasteiger partial charge in [0.2, 0.25) is 0 Å². The molecule has 0 saturated carbocycles. The zero-order chi connectivity index (χ0) is 13.0. The van der Waals surface area contributed by atoms with Gasteiger partial charge >= 0.3 is 0 Å². The summed E-state index contributed by atoms with van der Waals surface area (Å²) in [5.41, 5.74) is 1.73. The lowest BCUT2D eigenvalue weighted by molar-refractivity contribution is 0.560. The quantitative estimate of drug-likeness (QED) is 0.701. The SMILES string of the molecule is CCC(=Cc1ccc(-c2ccccc2F)o1)CBr. The zero-order valence-electron chi connectivity index (χ0n) is 10.1. The van der Waals surface area contributed by atoms with Gasteiger partial charge < -0.3 is 4.42 Å². The summed E-state index contributed by atoms with van der Waals surface area (Å²) in [5, 5.41) is 0.819. The van der Waals surface area contributed by atoms with Crippen molar-refractivity contribution in [2.75, 3.05) is 5.33 Å². The van der Waals surface area contributed by atoms with Crippen molar-refractivity contribution in [1.29, 1.82) is 0 Å². The maximum atomic E-state index is 13.6. The summed E-state index contributed by atoms with van der Waals surface area (Å²) in [6, 6.07) is 10.3. The molecular formula is C15H14BrFO. The number of halogens is 2. The molecular weight excluding hydrogens is 295 g/mol. The Balaban J connectivity index is 2.32. The highest BCUT2D eigenvalue weighted by Crippen LogP contribution is 2.26. The Morgan fingerprint density at radius 1 is 1.28 bits per heavy atom. The fraction of sp³-hybridized carbons (Fsp3) is 0.200. The minimum absolute atomic E-state index is 0.265. The van der Waals surface area contributed by atoms with E-state index in [1.54, 1.807) is 24.3 Å². The normalized spacial score (nSPS) is 11.8. The Morgan fingerprint density at radius 2 is 2.06 bits per heavy atom. The van der Waals surface area contributed by atoms with Crippen molar-refractivity contribution in [2.24, 2.45) is 0 Å². The van der Waals surface area contributed by atoms with E-state index in [-0.39, 0.29) is 5.82 Å². The first-order valence-corrected chi connectivity index (χ1v) is 6.97. The second-order valence-electron chi connectivity index (χ2n) is 3.97. The van der Waals surface area contributed by atoms with Crippen molar-refractivity contribution in [3.63, 3.8) is 0 Å². The zero-order valence-corrected chi connectivity index (χ0v) is 11.7. The van der Waals surface area contributed by atoms with Crippen LogP contribution in [0.15, 0.2) is 46.4 Å². The van der Waals surface area contributed by atoms with E-state index in [2.05, 4.69) is 22.9 Å². The van der Waals surface area contributed by atoms with Crippen molar-refractivity contribution in [1.82, 2.24) is 0 Å². The van der Waals surface area contributed by atoms with E-state index in [0.717, 1.165) is 17.5 Å². The van der Waals surface area contributed by atoms with Crippen LogP contribution in [0.5, 0.6) is 0 Å².